The number of halogens is 5. The van der Waals surface area contributed by atoms with Crippen LogP contribution >= 0.6 is 0 Å². The van der Waals surface area contributed by atoms with E-state index in [0.29, 0.717) is 0 Å². The van der Waals surface area contributed by atoms with Crippen molar-refractivity contribution in [2.75, 3.05) is 6.54 Å². The first-order valence-corrected chi connectivity index (χ1v) is 5.61. The summed E-state index contributed by atoms with van der Waals surface area (Å²) in [5.74, 6) is -12.0. The molecule has 0 bridgehead atoms. The molecular formula is C12H12F5NO2. The zero-order valence-corrected chi connectivity index (χ0v) is 10.9. The Morgan fingerprint density at radius 1 is 0.950 bits per heavy atom. The van der Waals surface area contributed by atoms with Gasteiger partial charge in [0.1, 0.15) is 0 Å². The molecule has 20 heavy (non-hydrogen) atoms. The van der Waals surface area contributed by atoms with Crippen molar-refractivity contribution in [1.29, 1.82) is 0 Å². The van der Waals surface area contributed by atoms with Crippen LogP contribution in [0, 0.1) is 44.6 Å². The van der Waals surface area contributed by atoms with Crippen molar-refractivity contribution in [3.05, 3.63) is 44.8 Å². The van der Waals surface area contributed by atoms with Gasteiger partial charge in [-0.1, -0.05) is 20.8 Å². The minimum atomic E-state index is -2.28. The molecule has 0 saturated carbocycles. The summed E-state index contributed by atoms with van der Waals surface area (Å²) in [6, 6.07) is 0. The lowest BCUT2D eigenvalue weighted by molar-refractivity contribution is -0.486. The van der Waals surface area contributed by atoms with Crippen molar-refractivity contribution in [1.82, 2.24) is 0 Å². The average molecular weight is 297 g/mol. The van der Waals surface area contributed by atoms with Gasteiger partial charge in [-0.25, -0.2) is 22.0 Å². The van der Waals surface area contributed by atoms with Gasteiger partial charge >= 0.3 is 0 Å². The average Bonchev–Trinajstić information content (AvgIpc) is 2.31. The van der Waals surface area contributed by atoms with E-state index in [2.05, 4.69) is 0 Å². The van der Waals surface area contributed by atoms with E-state index in [4.69, 9.17) is 0 Å². The van der Waals surface area contributed by atoms with Crippen LogP contribution in [0.2, 0.25) is 0 Å². The molecule has 0 amide bonds. The van der Waals surface area contributed by atoms with Gasteiger partial charge in [0.2, 0.25) is 12.4 Å². The smallest absolute Gasteiger partial charge is 0.211 e. The summed E-state index contributed by atoms with van der Waals surface area (Å²) in [4.78, 5) is 9.73. The number of hydrogen-bond acceptors (Lipinski definition) is 2. The van der Waals surface area contributed by atoms with E-state index in [1.165, 1.54) is 20.8 Å². The fourth-order valence-electron chi connectivity index (χ4n) is 1.88. The second-order valence-corrected chi connectivity index (χ2v) is 5.42. The van der Waals surface area contributed by atoms with Gasteiger partial charge in [-0.3, -0.25) is 10.1 Å². The molecular weight excluding hydrogens is 285 g/mol. The van der Waals surface area contributed by atoms with Gasteiger partial charge in [-0.05, 0) is 5.41 Å². The van der Waals surface area contributed by atoms with Crippen LogP contribution in [0.25, 0.3) is 0 Å². The first kappa shape index (κ1) is 16.3. The van der Waals surface area contributed by atoms with Crippen molar-refractivity contribution in [3.63, 3.8) is 0 Å². The van der Waals surface area contributed by atoms with Gasteiger partial charge in [-0.2, -0.15) is 0 Å². The highest BCUT2D eigenvalue weighted by Crippen LogP contribution is 2.39. The second kappa shape index (κ2) is 5.34. The molecule has 0 fully saturated rings. The SMILES string of the molecule is CC(C)(C)C(C[N+](=O)[O-])c1c(F)c(F)c(F)c(F)c1F. The van der Waals surface area contributed by atoms with Crippen molar-refractivity contribution in [2.45, 2.75) is 26.7 Å². The molecule has 3 nitrogen and oxygen atoms in total. The monoisotopic (exact) mass is 297 g/mol. The molecule has 0 spiro atoms. The van der Waals surface area contributed by atoms with Crippen LogP contribution in [0.1, 0.15) is 32.3 Å². The molecule has 1 atom stereocenters. The molecule has 112 valence electrons. The van der Waals surface area contributed by atoms with Crippen LogP contribution in [0.4, 0.5) is 22.0 Å². The quantitative estimate of drug-likeness (QED) is 0.280. The summed E-state index contributed by atoms with van der Waals surface area (Å²) >= 11 is 0. The Hall–Kier alpha value is -1.73. The van der Waals surface area contributed by atoms with Crippen molar-refractivity contribution < 1.29 is 26.9 Å². The predicted molar refractivity (Wildman–Crippen MR) is 60.3 cm³/mol. The van der Waals surface area contributed by atoms with Crippen LogP contribution in [0.5, 0.6) is 0 Å². The van der Waals surface area contributed by atoms with E-state index < -0.39 is 57.5 Å². The Morgan fingerprint density at radius 3 is 1.60 bits per heavy atom. The Balaban J connectivity index is 3.61. The molecule has 0 heterocycles. The molecule has 1 aromatic carbocycles. The topological polar surface area (TPSA) is 43.1 Å². The highest BCUT2D eigenvalue weighted by Gasteiger charge is 2.39. The highest BCUT2D eigenvalue weighted by atomic mass is 19.2. The second-order valence-electron chi connectivity index (χ2n) is 5.42. The Bertz CT molecular complexity index is 525. The molecule has 0 aliphatic rings. The van der Waals surface area contributed by atoms with Gasteiger partial charge in [0.25, 0.3) is 0 Å². The first-order chi connectivity index (χ1) is 8.98. The van der Waals surface area contributed by atoms with E-state index in [1.807, 2.05) is 0 Å². The Kier molecular flexibility index (Phi) is 4.36. The normalized spacial score (nSPS) is 13.4. The summed E-state index contributed by atoms with van der Waals surface area (Å²) in [6.07, 6.45) is 0. The molecule has 1 rings (SSSR count). The zero-order chi connectivity index (χ0) is 15.8. The van der Waals surface area contributed by atoms with E-state index in [-0.39, 0.29) is 0 Å². The molecule has 1 unspecified atom stereocenters. The summed E-state index contributed by atoms with van der Waals surface area (Å²) in [5, 5.41) is 10.6. The molecule has 8 heteroatoms. The lowest BCUT2D eigenvalue weighted by atomic mass is 9.76. The third kappa shape index (κ3) is 2.88. The summed E-state index contributed by atoms with van der Waals surface area (Å²) in [5.41, 5.74) is -2.21. The largest absolute Gasteiger partial charge is 0.265 e. The van der Waals surface area contributed by atoms with Gasteiger partial charge in [0, 0.05) is 10.5 Å². The van der Waals surface area contributed by atoms with Crippen LogP contribution in [0.15, 0.2) is 0 Å². The Morgan fingerprint density at radius 2 is 1.30 bits per heavy atom. The third-order valence-corrected chi connectivity index (χ3v) is 2.97. The zero-order valence-electron chi connectivity index (χ0n) is 10.9. The number of benzene rings is 1. The summed E-state index contributed by atoms with van der Waals surface area (Å²) in [6.45, 7) is 3.31. The maximum Gasteiger partial charge on any atom is 0.211 e. The number of rotatable bonds is 3. The van der Waals surface area contributed by atoms with E-state index in [0.717, 1.165) is 0 Å². The molecule has 0 saturated heterocycles. The standard InChI is InChI=1S/C12H12F5NO2/c1-12(2,3)5(4-18(19)20)6-7(13)9(15)11(17)10(16)8(6)14/h5H,4H2,1-3H3. The maximum absolute atomic E-state index is 13.7. The van der Waals surface area contributed by atoms with Gasteiger partial charge < -0.3 is 0 Å². The van der Waals surface area contributed by atoms with Gasteiger partial charge in [0.15, 0.2) is 23.3 Å². The van der Waals surface area contributed by atoms with E-state index in [9.17, 15) is 32.1 Å². The third-order valence-electron chi connectivity index (χ3n) is 2.97. The van der Waals surface area contributed by atoms with E-state index in [1.54, 1.807) is 0 Å². The van der Waals surface area contributed by atoms with Crippen LogP contribution in [0.3, 0.4) is 0 Å². The lowest BCUT2D eigenvalue weighted by Gasteiger charge is -2.28. The molecule has 0 aliphatic carbocycles. The summed E-state index contributed by atoms with van der Waals surface area (Å²) in [7, 11) is 0. The number of nitro groups is 1. The molecule has 0 aromatic heterocycles. The fourth-order valence-corrected chi connectivity index (χ4v) is 1.88. The molecule has 1 aromatic rings. The minimum absolute atomic E-state index is 0.853. The highest BCUT2D eigenvalue weighted by molar-refractivity contribution is 5.29. The van der Waals surface area contributed by atoms with Crippen molar-refractivity contribution in [2.24, 2.45) is 5.41 Å². The van der Waals surface area contributed by atoms with Crippen LogP contribution in [-0.4, -0.2) is 11.5 Å². The van der Waals surface area contributed by atoms with Crippen molar-refractivity contribution >= 4 is 0 Å². The first-order valence-electron chi connectivity index (χ1n) is 5.61. The summed E-state index contributed by atoms with van der Waals surface area (Å²) < 4.78 is 66.7. The van der Waals surface area contributed by atoms with Crippen LogP contribution in [-0.2, 0) is 0 Å². The Labute approximate surface area is 111 Å². The number of nitrogens with zero attached hydrogens (tertiary/aromatic N) is 1. The van der Waals surface area contributed by atoms with E-state index >= 15 is 0 Å². The van der Waals surface area contributed by atoms with Crippen molar-refractivity contribution in [3.8, 4) is 0 Å². The van der Waals surface area contributed by atoms with Crippen LogP contribution < -0.4 is 0 Å². The molecule has 0 aliphatic heterocycles. The lowest BCUT2D eigenvalue weighted by Crippen LogP contribution is -2.28. The predicted octanol–water partition coefficient (Wildman–Crippen LogP) is 3.79. The minimum Gasteiger partial charge on any atom is -0.265 e. The molecule has 0 N–H and O–H groups in total. The fraction of sp³-hybridized carbons (Fsp3) is 0.500. The molecule has 0 radical (unpaired) electrons. The van der Waals surface area contributed by atoms with Gasteiger partial charge in [0.05, 0.1) is 5.92 Å². The van der Waals surface area contributed by atoms with Gasteiger partial charge in [-0.15, -0.1) is 0 Å². The maximum atomic E-state index is 13.7. The number of hydrogen-bond donors (Lipinski definition) is 0.